The Morgan fingerprint density at radius 3 is 2.70 bits per heavy atom. The van der Waals surface area contributed by atoms with Crippen molar-refractivity contribution in [2.24, 2.45) is 5.41 Å². The van der Waals surface area contributed by atoms with E-state index in [2.05, 4.69) is 22.7 Å². The van der Waals surface area contributed by atoms with Gasteiger partial charge < -0.3 is 10.6 Å². The normalized spacial score (nSPS) is 16.9. The Labute approximate surface area is 137 Å². The van der Waals surface area contributed by atoms with E-state index >= 15 is 0 Å². The van der Waals surface area contributed by atoms with Gasteiger partial charge in [0.25, 0.3) is 0 Å². The maximum absolute atomic E-state index is 12.2. The van der Waals surface area contributed by atoms with Crippen molar-refractivity contribution in [1.82, 2.24) is 20.4 Å². The molecule has 23 heavy (non-hydrogen) atoms. The topological polar surface area (TPSA) is 59.0 Å². The Balaban J connectivity index is 1.51. The Kier molecular flexibility index (Phi) is 4.76. The van der Waals surface area contributed by atoms with E-state index in [1.54, 1.807) is 6.20 Å². The monoisotopic (exact) mass is 312 g/mol. The fourth-order valence-corrected chi connectivity index (χ4v) is 2.96. The Morgan fingerprint density at radius 2 is 2.04 bits per heavy atom. The second-order valence-electron chi connectivity index (χ2n) is 6.63. The fourth-order valence-electron chi connectivity index (χ4n) is 2.96. The highest BCUT2D eigenvalue weighted by Crippen LogP contribution is 2.26. The van der Waals surface area contributed by atoms with Gasteiger partial charge in [0, 0.05) is 18.9 Å². The van der Waals surface area contributed by atoms with Crippen LogP contribution in [0.3, 0.4) is 0 Å². The van der Waals surface area contributed by atoms with Crippen molar-refractivity contribution >= 4 is 5.91 Å². The summed E-state index contributed by atoms with van der Waals surface area (Å²) in [5.74, 6) is 0.0941. The summed E-state index contributed by atoms with van der Waals surface area (Å²) in [6, 6.07) is 9.85. The van der Waals surface area contributed by atoms with Crippen LogP contribution in [0, 0.1) is 5.41 Å². The molecule has 5 heteroatoms. The van der Waals surface area contributed by atoms with Crippen LogP contribution in [0.15, 0.2) is 42.7 Å². The molecule has 0 saturated carbocycles. The maximum Gasteiger partial charge on any atom is 0.224 e. The minimum atomic E-state index is 0.0941. The molecule has 3 rings (SSSR count). The molecule has 1 aliphatic heterocycles. The van der Waals surface area contributed by atoms with Crippen molar-refractivity contribution in [3.63, 3.8) is 0 Å². The standard InChI is InChI=1S/C18H24N4O/c1-18(7-10-19-11-8-18)14-20-17(23)13-15-3-5-16(6-4-15)22-12-2-9-21-22/h2-6,9,12,19H,7-8,10-11,13-14H2,1H3,(H,20,23). The van der Waals surface area contributed by atoms with Crippen LogP contribution in [0.4, 0.5) is 0 Å². The molecule has 122 valence electrons. The van der Waals surface area contributed by atoms with Crippen LogP contribution >= 0.6 is 0 Å². The van der Waals surface area contributed by atoms with Crippen molar-refractivity contribution < 1.29 is 4.79 Å². The number of hydrogen-bond donors (Lipinski definition) is 2. The summed E-state index contributed by atoms with van der Waals surface area (Å²) in [7, 11) is 0. The number of rotatable bonds is 5. The van der Waals surface area contributed by atoms with E-state index in [4.69, 9.17) is 0 Å². The van der Waals surface area contributed by atoms with Gasteiger partial charge in [-0.05, 0) is 55.1 Å². The number of benzene rings is 1. The number of carbonyl (C=O) groups excluding carboxylic acids is 1. The third-order valence-corrected chi connectivity index (χ3v) is 4.59. The summed E-state index contributed by atoms with van der Waals surface area (Å²) in [5.41, 5.74) is 2.25. The van der Waals surface area contributed by atoms with E-state index in [9.17, 15) is 4.79 Å². The number of carbonyl (C=O) groups is 1. The average Bonchev–Trinajstić information content (AvgIpc) is 3.09. The van der Waals surface area contributed by atoms with Gasteiger partial charge in [0.05, 0.1) is 12.1 Å². The highest BCUT2D eigenvalue weighted by atomic mass is 16.1. The molecule has 0 unspecified atom stereocenters. The molecule has 2 aromatic rings. The summed E-state index contributed by atoms with van der Waals surface area (Å²) in [4.78, 5) is 12.2. The van der Waals surface area contributed by atoms with Gasteiger partial charge in [-0.1, -0.05) is 19.1 Å². The highest BCUT2D eigenvalue weighted by molar-refractivity contribution is 5.78. The zero-order valence-electron chi connectivity index (χ0n) is 13.6. The summed E-state index contributed by atoms with van der Waals surface area (Å²) >= 11 is 0. The molecule has 1 amide bonds. The predicted octanol–water partition coefficient (Wildman–Crippen LogP) is 1.92. The van der Waals surface area contributed by atoms with E-state index in [0.717, 1.165) is 43.7 Å². The van der Waals surface area contributed by atoms with Crippen LogP contribution < -0.4 is 10.6 Å². The number of hydrogen-bond acceptors (Lipinski definition) is 3. The highest BCUT2D eigenvalue weighted by Gasteiger charge is 2.26. The van der Waals surface area contributed by atoms with Crippen molar-refractivity contribution in [2.45, 2.75) is 26.2 Å². The van der Waals surface area contributed by atoms with Crippen LogP contribution in [-0.4, -0.2) is 35.3 Å². The molecule has 1 aromatic carbocycles. The minimum Gasteiger partial charge on any atom is -0.355 e. The maximum atomic E-state index is 12.2. The smallest absolute Gasteiger partial charge is 0.224 e. The van der Waals surface area contributed by atoms with E-state index < -0.39 is 0 Å². The van der Waals surface area contributed by atoms with Gasteiger partial charge >= 0.3 is 0 Å². The van der Waals surface area contributed by atoms with Gasteiger partial charge in [-0.25, -0.2) is 4.68 Å². The molecule has 1 aromatic heterocycles. The SMILES string of the molecule is CC1(CNC(=O)Cc2ccc(-n3cccn3)cc2)CCNCC1. The molecule has 2 heterocycles. The van der Waals surface area contributed by atoms with Crippen LogP contribution in [0.25, 0.3) is 5.69 Å². The van der Waals surface area contributed by atoms with Crippen molar-refractivity contribution in [3.05, 3.63) is 48.3 Å². The van der Waals surface area contributed by atoms with Crippen molar-refractivity contribution in [2.75, 3.05) is 19.6 Å². The van der Waals surface area contributed by atoms with Gasteiger partial charge in [-0.3, -0.25) is 4.79 Å². The summed E-state index contributed by atoms with van der Waals surface area (Å²) in [5, 5.41) is 10.7. The van der Waals surface area contributed by atoms with E-state index in [-0.39, 0.29) is 11.3 Å². The Hall–Kier alpha value is -2.14. The van der Waals surface area contributed by atoms with Gasteiger partial charge in [-0.2, -0.15) is 5.10 Å². The third-order valence-electron chi connectivity index (χ3n) is 4.59. The predicted molar refractivity (Wildman–Crippen MR) is 90.5 cm³/mol. The number of amides is 1. The number of aromatic nitrogens is 2. The molecule has 1 fully saturated rings. The lowest BCUT2D eigenvalue weighted by Gasteiger charge is -2.34. The lowest BCUT2D eigenvalue weighted by Crippen LogP contribution is -2.43. The Bertz CT molecular complexity index is 628. The molecule has 0 radical (unpaired) electrons. The molecule has 5 nitrogen and oxygen atoms in total. The fraction of sp³-hybridized carbons (Fsp3) is 0.444. The molecule has 0 aliphatic carbocycles. The Morgan fingerprint density at radius 1 is 1.30 bits per heavy atom. The first kappa shape index (κ1) is 15.7. The summed E-state index contributed by atoms with van der Waals surface area (Å²) in [6.45, 7) is 5.11. The second kappa shape index (κ2) is 6.96. The van der Waals surface area contributed by atoms with Crippen molar-refractivity contribution in [3.8, 4) is 5.69 Å². The van der Waals surface area contributed by atoms with E-state index in [1.807, 2.05) is 41.2 Å². The van der Waals surface area contributed by atoms with Crippen LogP contribution in [-0.2, 0) is 11.2 Å². The number of nitrogens with zero attached hydrogens (tertiary/aromatic N) is 2. The first-order valence-corrected chi connectivity index (χ1v) is 8.21. The first-order valence-electron chi connectivity index (χ1n) is 8.21. The zero-order chi connectivity index (χ0) is 16.1. The first-order chi connectivity index (χ1) is 11.1. The van der Waals surface area contributed by atoms with Gasteiger partial charge in [0.1, 0.15) is 0 Å². The largest absolute Gasteiger partial charge is 0.355 e. The average molecular weight is 312 g/mol. The second-order valence-corrected chi connectivity index (χ2v) is 6.63. The molecule has 0 bridgehead atoms. The molecule has 0 spiro atoms. The molecule has 1 saturated heterocycles. The molecule has 0 atom stereocenters. The van der Waals surface area contributed by atoms with Gasteiger partial charge in [0.15, 0.2) is 0 Å². The summed E-state index contributed by atoms with van der Waals surface area (Å²) in [6.07, 6.45) is 6.32. The van der Waals surface area contributed by atoms with E-state index in [1.165, 1.54) is 0 Å². The van der Waals surface area contributed by atoms with Crippen LogP contribution in [0.5, 0.6) is 0 Å². The molecular formula is C18H24N4O. The van der Waals surface area contributed by atoms with Gasteiger partial charge in [0.2, 0.25) is 5.91 Å². The lowest BCUT2D eigenvalue weighted by atomic mass is 9.81. The summed E-state index contributed by atoms with van der Waals surface area (Å²) < 4.78 is 1.81. The molecular weight excluding hydrogens is 288 g/mol. The number of piperidine rings is 1. The number of nitrogens with one attached hydrogen (secondary N) is 2. The van der Waals surface area contributed by atoms with Gasteiger partial charge in [-0.15, -0.1) is 0 Å². The molecule has 2 N–H and O–H groups in total. The third kappa shape index (κ3) is 4.20. The minimum absolute atomic E-state index is 0.0941. The van der Waals surface area contributed by atoms with Crippen molar-refractivity contribution in [1.29, 1.82) is 0 Å². The van der Waals surface area contributed by atoms with Crippen LogP contribution in [0.1, 0.15) is 25.3 Å². The zero-order valence-corrected chi connectivity index (χ0v) is 13.6. The quantitative estimate of drug-likeness (QED) is 0.887. The van der Waals surface area contributed by atoms with Crippen LogP contribution in [0.2, 0.25) is 0 Å². The lowest BCUT2D eigenvalue weighted by molar-refractivity contribution is -0.121. The molecule has 1 aliphatic rings. The van der Waals surface area contributed by atoms with E-state index in [0.29, 0.717) is 6.42 Å².